The number of aliphatic hydroxyl groups excluding tert-OH is 1. The lowest BCUT2D eigenvalue weighted by Crippen LogP contribution is -2.15. The number of rotatable bonds is 7. The molecule has 0 aromatic carbocycles. The van der Waals surface area contributed by atoms with Gasteiger partial charge in [-0.3, -0.25) is 0 Å². The van der Waals surface area contributed by atoms with Gasteiger partial charge in [-0.05, 0) is 25.0 Å². The molecule has 1 atom stereocenters. The number of nitrogens with zero attached hydrogens (tertiary/aromatic N) is 2. The van der Waals surface area contributed by atoms with Crippen molar-refractivity contribution < 1.29 is 9.52 Å². The van der Waals surface area contributed by atoms with Gasteiger partial charge in [0.25, 0.3) is 0 Å². The van der Waals surface area contributed by atoms with Crippen molar-refractivity contribution in [2.75, 3.05) is 0 Å². The van der Waals surface area contributed by atoms with Crippen LogP contribution in [-0.2, 0) is 19.4 Å². The van der Waals surface area contributed by atoms with Crippen molar-refractivity contribution in [3.63, 3.8) is 0 Å². The third kappa shape index (κ3) is 3.47. The van der Waals surface area contributed by atoms with Crippen LogP contribution in [0.3, 0.4) is 0 Å². The summed E-state index contributed by atoms with van der Waals surface area (Å²) in [5, 5.41) is 10.0. The lowest BCUT2D eigenvalue weighted by atomic mass is 10.1. The van der Waals surface area contributed by atoms with E-state index in [1.807, 2.05) is 18.3 Å². The molecule has 2 aromatic heterocycles. The minimum atomic E-state index is -0.367. The molecule has 4 heteroatoms. The zero-order valence-electron chi connectivity index (χ0n) is 10.7. The first-order valence-corrected chi connectivity index (χ1v) is 6.50. The van der Waals surface area contributed by atoms with Gasteiger partial charge in [0.2, 0.25) is 0 Å². The smallest absolute Gasteiger partial charge is 0.111 e. The van der Waals surface area contributed by atoms with E-state index in [-0.39, 0.29) is 6.10 Å². The van der Waals surface area contributed by atoms with Crippen molar-refractivity contribution >= 4 is 0 Å². The van der Waals surface area contributed by atoms with Crippen LogP contribution in [0.4, 0.5) is 0 Å². The summed E-state index contributed by atoms with van der Waals surface area (Å²) < 4.78 is 7.36. The van der Waals surface area contributed by atoms with E-state index in [4.69, 9.17) is 4.42 Å². The zero-order valence-corrected chi connectivity index (χ0v) is 10.7. The van der Waals surface area contributed by atoms with Crippen LogP contribution in [0.15, 0.2) is 35.2 Å². The standard InChI is InChI=1S/C14H20N2O2/c1-2-8-16-9-7-15-14(16)11-12(17)5-6-13-4-3-10-18-13/h3-4,7,9-10,12,17H,2,5-6,8,11H2,1H3. The first-order chi connectivity index (χ1) is 8.79. The number of hydrogen-bond donors (Lipinski definition) is 1. The summed E-state index contributed by atoms with van der Waals surface area (Å²) in [5.74, 6) is 1.88. The van der Waals surface area contributed by atoms with Crippen LogP contribution in [0, 0.1) is 0 Å². The molecule has 1 unspecified atom stereocenters. The van der Waals surface area contributed by atoms with E-state index in [1.165, 1.54) is 0 Å². The molecule has 4 nitrogen and oxygen atoms in total. The number of aliphatic hydroxyl groups is 1. The Hall–Kier alpha value is -1.55. The van der Waals surface area contributed by atoms with Crippen molar-refractivity contribution in [1.29, 1.82) is 0 Å². The Morgan fingerprint density at radius 3 is 3.11 bits per heavy atom. The van der Waals surface area contributed by atoms with Gasteiger partial charge in [0.1, 0.15) is 11.6 Å². The van der Waals surface area contributed by atoms with Crippen LogP contribution in [-0.4, -0.2) is 20.8 Å². The largest absolute Gasteiger partial charge is 0.469 e. The fourth-order valence-electron chi connectivity index (χ4n) is 2.05. The molecular formula is C14H20N2O2. The summed E-state index contributed by atoms with van der Waals surface area (Å²) in [6, 6.07) is 3.81. The maximum Gasteiger partial charge on any atom is 0.111 e. The van der Waals surface area contributed by atoms with Crippen molar-refractivity contribution in [2.45, 2.75) is 45.3 Å². The minimum Gasteiger partial charge on any atom is -0.469 e. The second kappa shape index (κ2) is 6.40. The Bertz CT molecular complexity index is 448. The van der Waals surface area contributed by atoms with Crippen LogP contribution in [0.5, 0.6) is 0 Å². The maximum atomic E-state index is 10.0. The van der Waals surface area contributed by atoms with Crippen LogP contribution < -0.4 is 0 Å². The summed E-state index contributed by atoms with van der Waals surface area (Å²) in [6.07, 6.45) is 8.21. The Morgan fingerprint density at radius 1 is 1.50 bits per heavy atom. The molecule has 0 spiro atoms. The van der Waals surface area contributed by atoms with Crippen molar-refractivity contribution in [2.24, 2.45) is 0 Å². The number of aromatic nitrogens is 2. The summed E-state index contributed by atoms with van der Waals surface area (Å²) in [4.78, 5) is 4.30. The lowest BCUT2D eigenvalue weighted by Gasteiger charge is -2.11. The molecule has 2 aromatic rings. The van der Waals surface area contributed by atoms with E-state index in [0.29, 0.717) is 12.8 Å². The number of hydrogen-bond acceptors (Lipinski definition) is 3. The van der Waals surface area contributed by atoms with Crippen LogP contribution in [0.2, 0.25) is 0 Å². The fraction of sp³-hybridized carbons (Fsp3) is 0.500. The second-order valence-electron chi connectivity index (χ2n) is 4.51. The normalized spacial score (nSPS) is 12.8. The first-order valence-electron chi connectivity index (χ1n) is 6.50. The molecule has 18 heavy (non-hydrogen) atoms. The molecule has 0 aliphatic rings. The van der Waals surface area contributed by atoms with Gasteiger partial charge in [-0.25, -0.2) is 4.98 Å². The average Bonchev–Trinajstić information content (AvgIpc) is 2.99. The molecule has 1 N–H and O–H groups in total. The monoisotopic (exact) mass is 248 g/mol. The molecule has 0 amide bonds. The highest BCUT2D eigenvalue weighted by molar-refractivity contribution is 4.99. The molecule has 2 rings (SSSR count). The van der Waals surface area contributed by atoms with Gasteiger partial charge in [0.15, 0.2) is 0 Å². The molecule has 98 valence electrons. The highest BCUT2D eigenvalue weighted by Gasteiger charge is 2.11. The molecule has 0 aliphatic heterocycles. The molecular weight excluding hydrogens is 228 g/mol. The van der Waals surface area contributed by atoms with Gasteiger partial charge in [-0.2, -0.15) is 0 Å². The topological polar surface area (TPSA) is 51.2 Å². The van der Waals surface area contributed by atoms with Gasteiger partial charge < -0.3 is 14.1 Å². The second-order valence-corrected chi connectivity index (χ2v) is 4.51. The molecule has 0 radical (unpaired) electrons. The number of imidazole rings is 1. The van der Waals surface area contributed by atoms with E-state index in [2.05, 4.69) is 16.5 Å². The Morgan fingerprint density at radius 2 is 2.39 bits per heavy atom. The van der Waals surface area contributed by atoms with E-state index >= 15 is 0 Å². The van der Waals surface area contributed by atoms with Crippen molar-refractivity contribution in [3.05, 3.63) is 42.4 Å². The first kappa shape index (κ1) is 12.9. The Balaban J connectivity index is 1.82. The molecule has 0 saturated heterocycles. The van der Waals surface area contributed by atoms with Gasteiger partial charge in [-0.1, -0.05) is 6.92 Å². The van der Waals surface area contributed by atoms with Gasteiger partial charge in [-0.15, -0.1) is 0 Å². The molecule has 0 aliphatic carbocycles. The summed E-state index contributed by atoms with van der Waals surface area (Å²) in [7, 11) is 0. The quantitative estimate of drug-likeness (QED) is 0.818. The maximum absolute atomic E-state index is 10.0. The lowest BCUT2D eigenvalue weighted by molar-refractivity contribution is 0.159. The van der Waals surface area contributed by atoms with Crippen molar-refractivity contribution in [3.8, 4) is 0 Å². The molecule has 0 fully saturated rings. The van der Waals surface area contributed by atoms with Gasteiger partial charge >= 0.3 is 0 Å². The third-order valence-corrected chi connectivity index (χ3v) is 2.99. The Labute approximate surface area is 107 Å². The summed E-state index contributed by atoms with van der Waals surface area (Å²) in [6.45, 7) is 3.09. The number of furan rings is 1. The fourth-order valence-corrected chi connectivity index (χ4v) is 2.05. The van der Waals surface area contributed by atoms with E-state index < -0.39 is 0 Å². The summed E-state index contributed by atoms with van der Waals surface area (Å²) >= 11 is 0. The van der Waals surface area contributed by atoms with Gasteiger partial charge in [0, 0.05) is 31.8 Å². The molecule has 0 saturated carbocycles. The highest BCUT2D eigenvalue weighted by Crippen LogP contribution is 2.10. The molecule has 2 heterocycles. The van der Waals surface area contributed by atoms with Gasteiger partial charge in [0.05, 0.1) is 12.4 Å². The van der Waals surface area contributed by atoms with E-state index in [1.54, 1.807) is 12.5 Å². The third-order valence-electron chi connectivity index (χ3n) is 2.99. The van der Waals surface area contributed by atoms with E-state index in [9.17, 15) is 5.11 Å². The van der Waals surface area contributed by atoms with E-state index in [0.717, 1.165) is 31.0 Å². The number of aryl methyl sites for hydroxylation is 2. The molecule has 0 bridgehead atoms. The van der Waals surface area contributed by atoms with Crippen LogP contribution >= 0.6 is 0 Å². The Kier molecular flexibility index (Phi) is 4.59. The van der Waals surface area contributed by atoms with Crippen molar-refractivity contribution in [1.82, 2.24) is 9.55 Å². The van der Waals surface area contributed by atoms with Crippen LogP contribution in [0.25, 0.3) is 0 Å². The minimum absolute atomic E-state index is 0.367. The summed E-state index contributed by atoms with van der Waals surface area (Å²) in [5.41, 5.74) is 0. The van der Waals surface area contributed by atoms with Crippen LogP contribution in [0.1, 0.15) is 31.4 Å². The highest BCUT2D eigenvalue weighted by atomic mass is 16.3. The average molecular weight is 248 g/mol. The predicted molar refractivity (Wildman–Crippen MR) is 69.3 cm³/mol. The SMILES string of the molecule is CCCn1ccnc1CC(O)CCc1ccco1. The predicted octanol–water partition coefficient (Wildman–Crippen LogP) is 2.42. The zero-order chi connectivity index (χ0) is 12.8.